The van der Waals surface area contributed by atoms with E-state index in [9.17, 15) is 0 Å². The lowest BCUT2D eigenvalue weighted by Gasteiger charge is -2.17. The van der Waals surface area contributed by atoms with Gasteiger partial charge in [0.1, 0.15) is 17.8 Å². The van der Waals surface area contributed by atoms with Crippen LogP contribution in [0.15, 0.2) is 24.8 Å². The fourth-order valence-electron chi connectivity index (χ4n) is 2.78. The number of hydrogen-bond donors (Lipinski definition) is 2. The van der Waals surface area contributed by atoms with Crippen molar-refractivity contribution in [2.75, 3.05) is 18.0 Å². The molecule has 3 aromatic rings. The summed E-state index contributed by atoms with van der Waals surface area (Å²) in [6, 6.07) is 2.23. The average Bonchev–Trinajstić information content (AvgIpc) is 3.01. The molecule has 1 aliphatic heterocycles. The van der Waals surface area contributed by atoms with Crippen LogP contribution in [0.1, 0.15) is 6.42 Å². The second kappa shape index (κ2) is 3.89. The Hall–Kier alpha value is -2.21. The Morgan fingerprint density at radius 1 is 1.37 bits per heavy atom. The molecule has 4 heterocycles. The summed E-state index contributed by atoms with van der Waals surface area (Å²) in [6.45, 7) is 1.80. The van der Waals surface area contributed by atoms with E-state index < -0.39 is 0 Å². The third-order valence-corrected chi connectivity index (χ3v) is 3.69. The van der Waals surface area contributed by atoms with Crippen LogP contribution < -0.4 is 10.6 Å². The van der Waals surface area contributed by atoms with Gasteiger partial charge in [-0.3, -0.25) is 4.98 Å². The molecule has 1 atom stereocenters. The zero-order chi connectivity index (χ0) is 12.8. The quantitative estimate of drug-likeness (QED) is 0.678. The first-order valence-corrected chi connectivity index (χ1v) is 6.40. The van der Waals surface area contributed by atoms with E-state index in [4.69, 9.17) is 5.73 Å². The molecule has 0 spiro atoms. The zero-order valence-corrected chi connectivity index (χ0v) is 10.4. The molecule has 0 saturated carbocycles. The Balaban J connectivity index is 1.99. The van der Waals surface area contributed by atoms with E-state index in [1.54, 1.807) is 12.5 Å². The first-order chi connectivity index (χ1) is 9.33. The lowest BCUT2D eigenvalue weighted by molar-refractivity contribution is 0.751. The average molecular weight is 254 g/mol. The summed E-state index contributed by atoms with van der Waals surface area (Å²) in [5.41, 5.74) is 7.84. The number of rotatable bonds is 1. The molecule has 6 heteroatoms. The number of nitrogens with zero attached hydrogens (tertiary/aromatic N) is 4. The van der Waals surface area contributed by atoms with Crippen molar-refractivity contribution < 1.29 is 0 Å². The fraction of sp³-hybridized carbons (Fsp3) is 0.308. The van der Waals surface area contributed by atoms with Crippen LogP contribution >= 0.6 is 0 Å². The SMILES string of the molecule is N[C@@H]1CCN(c2ncnc3[nH]c4cnccc4c23)C1. The standard InChI is InChI=1S/C13H14N6/c14-8-2-4-19(6-8)13-11-9-1-3-15-5-10(9)18-12(11)16-7-17-13/h1,3,5,7-8H,2,4,6,14H2,(H,16,17,18)/t8-/m1/s1. The predicted molar refractivity (Wildman–Crippen MR) is 74.0 cm³/mol. The highest BCUT2D eigenvalue weighted by Gasteiger charge is 2.23. The van der Waals surface area contributed by atoms with Crippen LogP contribution in [0, 0.1) is 0 Å². The molecule has 1 aliphatic rings. The van der Waals surface area contributed by atoms with Gasteiger partial charge in [-0.05, 0) is 12.5 Å². The molecule has 0 aromatic carbocycles. The largest absolute Gasteiger partial charge is 0.354 e. The van der Waals surface area contributed by atoms with E-state index >= 15 is 0 Å². The van der Waals surface area contributed by atoms with Crippen LogP contribution in [0.4, 0.5) is 5.82 Å². The highest BCUT2D eigenvalue weighted by molar-refractivity contribution is 6.10. The Bertz CT molecular complexity index is 749. The van der Waals surface area contributed by atoms with E-state index in [0.29, 0.717) is 0 Å². The monoisotopic (exact) mass is 254 g/mol. The van der Waals surface area contributed by atoms with E-state index in [1.807, 2.05) is 12.3 Å². The van der Waals surface area contributed by atoms with Crippen molar-refractivity contribution in [3.63, 3.8) is 0 Å². The minimum atomic E-state index is 0.233. The van der Waals surface area contributed by atoms with Crippen LogP contribution in [0.5, 0.6) is 0 Å². The van der Waals surface area contributed by atoms with Crippen molar-refractivity contribution >= 4 is 27.8 Å². The Morgan fingerprint density at radius 3 is 3.16 bits per heavy atom. The summed E-state index contributed by atoms with van der Waals surface area (Å²) in [6.07, 6.45) is 6.22. The van der Waals surface area contributed by atoms with Gasteiger partial charge in [0.15, 0.2) is 0 Å². The van der Waals surface area contributed by atoms with Gasteiger partial charge in [-0.2, -0.15) is 0 Å². The van der Waals surface area contributed by atoms with Gasteiger partial charge in [0.05, 0.1) is 17.1 Å². The molecule has 96 valence electrons. The van der Waals surface area contributed by atoms with Gasteiger partial charge in [0.2, 0.25) is 0 Å². The van der Waals surface area contributed by atoms with Gasteiger partial charge in [-0.15, -0.1) is 0 Å². The predicted octanol–water partition coefficient (Wildman–Crippen LogP) is 1.04. The van der Waals surface area contributed by atoms with Crippen molar-refractivity contribution in [2.24, 2.45) is 5.73 Å². The molecule has 3 N–H and O–H groups in total. The van der Waals surface area contributed by atoms with Crippen LogP contribution in [0.3, 0.4) is 0 Å². The van der Waals surface area contributed by atoms with Gasteiger partial charge in [0, 0.05) is 30.7 Å². The number of nitrogens with one attached hydrogen (secondary N) is 1. The Morgan fingerprint density at radius 2 is 2.32 bits per heavy atom. The second-order valence-corrected chi connectivity index (χ2v) is 4.96. The molecule has 19 heavy (non-hydrogen) atoms. The number of nitrogens with two attached hydrogens (primary N) is 1. The number of pyridine rings is 1. The molecule has 0 unspecified atom stereocenters. The minimum Gasteiger partial charge on any atom is -0.354 e. The number of aromatic nitrogens is 4. The lowest BCUT2D eigenvalue weighted by atomic mass is 10.2. The van der Waals surface area contributed by atoms with Crippen LogP contribution in [0.2, 0.25) is 0 Å². The summed E-state index contributed by atoms with van der Waals surface area (Å²) >= 11 is 0. The second-order valence-electron chi connectivity index (χ2n) is 4.96. The van der Waals surface area contributed by atoms with Gasteiger partial charge >= 0.3 is 0 Å². The molecule has 0 amide bonds. The molecule has 1 fully saturated rings. The van der Waals surface area contributed by atoms with E-state index in [2.05, 4.69) is 24.8 Å². The number of hydrogen-bond acceptors (Lipinski definition) is 5. The normalized spacial score (nSPS) is 19.6. The Labute approximate surface area is 109 Å². The fourth-order valence-corrected chi connectivity index (χ4v) is 2.78. The summed E-state index contributed by atoms with van der Waals surface area (Å²) in [5, 5.41) is 2.18. The first kappa shape index (κ1) is 10.7. The summed E-state index contributed by atoms with van der Waals surface area (Å²) in [4.78, 5) is 18.4. The Kier molecular flexibility index (Phi) is 2.19. The highest BCUT2D eigenvalue weighted by Crippen LogP contribution is 2.31. The topological polar surface area (TPSA) is 83.7 Å². The van der Waals surface area contributed by atoms with Gasteiger partial charge in [0.25, 0.3) is 0 Å². The first-order valence-electron chi connectivity index (χ1n) is 6.40. The molecule has 6 nitrogen and oxygen atoms in total. The molecule has 3 aromatic heterocycles. The maximum absolute atomic E-state index is 5.99. The molecule has 0 aliphatic carbocycles. The summed E-state index contributed by atoms with van der Waals surface area (Å²) in [5.74, 6) is 0.968. The van der Waals surface area contributed by atoms with E-state index in [-0.39, 0.29) is 6.04 Å². The van der Waals surface area contributed by atoms with E-state index in [0.717, 1.165) is 47.3 Å². The molecule has 1 saturated heterocycles. The van der Waals surface area contributed by atoms with Gasteiger partial charge < -0.3 is 15.6 Å². The summed E-state index contributed by atoms with van der Waals surface area (Å²) < 4.78 is 0. The van der Waals surface area contributed by atoms with Gasteiger partial charge in [-0.1, -0.05) is 0 Å². The van der Waals surface area contributed by atoms with E-state index in [1.165, 1.54) is 0 Å². The molecule has 4 rings (SSSR count). The van der Waals surface area contributed by atoms with Gasteiger partial charge in [-0.25, -0.2) is 9.97 Å². The molecular weight excluding hydrogens is 240 g/mol. The van der Waals surface area contributed by atoms with Crippen molar-refractivity contribution in [2.45, 2.75) is 12.5 Å². The van der Waals surface area contributed by atoms with Crippen molar-refractivity contribution in [3.8, 4) is 0 Å². The maximum Gasteiger partial charge on any atom is 0.143 e. The third-order valence-electron chi connectivity index (χ3n) is 3.69. The highest BCUT2D eigenvalue weighted by atomic mass is 15.2. The number of aromatic amines is 1. The maximum atomic E-state index is 5.99. The van der Waals surface area contributed by atoms with Crippen LogP contribution in [-0.4, -0.2) is 39.1 Å². The minimum absolute atomic E-state index is 0.233. The lowest BCUT2D eigenvalue weighted by Crippen LogP contribution is -2.27. The van der Waals surface area contributed by atoms with Crippen molar-refractivity contribution in [3.05, 3.63) is 24.8 Å². The molecular formula is C13H14N6. The zero-order valence-electron chi connectivity index (χ0n) is 10.4. The smallest absolute Gasteiger partial charge is 0.143 e. The third kappa shape index (κ3) is 1.57. The molecule has 0 bridgehead atoms. The van der Waals surface area contributed by atoms with Crippen LogP contribution in [-0.2, 0) is 0 Å². The summed E-state index contributed by atoms with van der Waals surface area (Å²) in [7, 11) is 0. The van der Waals surface area contributed by atoms with Crippen molar-refractivity contribution in [1.29, 1.82) is 0 Å². The number of H-pyrrole nitrogens is 1. The molecule has 0 radical (unpaired) electrons. The number of fused-ring (bicyclic) bond motifs is 3. The van der Waals surface area contributed by atoms with Crippen molar-refractivity contribution in [1.82, 2.24) is 19.9 Å². The number of anilines is 1. The van der Waals surface area contributed by atoms with Crippen LogP contribution in [0.25, 0.3) is 21.9 Å².